The molecule has 2 aliphatic rings. The van der Waals surface area contributed by atoms with Crippen LogP contribution in [0.4, 0.5) is 0 Å². The molecule has 3 rings (SSSR count). The predicted octanol–water partition coefficient (Wildman–Crippen LogP) is 1.88. The summed E-state index contributed by atoms with van der Waals surface area (Å²) >= 11 is 6.05. The molecule has 1 aliphatic heterocycles. The van der Waals surface area contributed by atoms with Gasteiger partial charge in [-0.05, 0) is 24.1 Å². The van der Waals surface area contributed by atoms with E-state index in [9.17, 15) is 0 Å². The second-order valence-corrected chi connectivity index (χ2v) is 4.15. The number of ether oxygens (including phenoxy) is 2. The summed E-state index contributed by atoms with van der Waals surface area (Å²) in [5.41, 5.74) is 6.94. The largest absolute Gasteiger partial charge is 0.454 e. The maximum absolute atomic E-state index is 6.05. The van der Waals surface area contributed by atoms with Crippen molar-refractivity contribution < 1.29 is 9.47 Å². The first-order valence-corrected chi connectivity index (χ1v) is 4.98. The van der Waals surface area contributed by atoms with E-state index in [1.807, 2.05) is 12.1 Å². The Morgan fingerprint density at radius 2 is 2.14 bits per heavy atom. The third kappa shape index (κ3) is 1.16. The molecular formula is C10H10ClNO2. The van der Waals surface area contributed by atoms with E-state index in [0.717, 1.165) is 17.7 Å². The molecule has 74 valence electrons. The van der Waals surface area contributed by atoms with E-state index in [1.54, 1.807) is 0 Å². The summed E-state index contributed by atoms with van der Waals surface area (Å²) in [6.45, 7) is 0.259. The number of halogens is 1. The zero-order chi connectivity index (χ0) is 9.71. The van der Waals surface area contributed by atoms with Gasteiger partial charge in [-0.25, -0.2) is 0 Å². The standard InChI is InChI=1S/C10H10ClNO2/c11-7-1-5(6-3-8(6)12)2-9-10(7)14-4-13-9/h1-2,6,8H,3-4,12H2. The molecule has 0 aromatic heterocycles. The summed E-state index contributed by atoms with van der Waals surface area (Å²) in [6, 6.07) is 4.18. The Hall–Kier alpha value is -0.930. The highest BCUT2D eigenvalue weighted by Gasteiger charge is 2.36. The Morgan fingerprint density at radius 3 is 2.86 bits per heavy atom. The van der Waals surface area contributed by atoms with Gasteiger partial charge >= 0.3 is 0 Å². The van der Waals surface area contributed by atoms with Crippen LogP contribution in [-0.4, -0.2) is 12.8 Å². The molecule has 1 fully saturated rings. The molecule has 14 heavy (non-hydrogen) atoms. The minimum absolute atomic E-state index is 0.259. The van der Waals surface area contributed by atoms with E-state index in [0.29, 0.717) is 16.7 Å². The third-order valence-electron chi connectivity index (χ3n) is 2.72. The number of rotatable bonds is 1. The van der Waals surface area contributed by atoms with Gasteiger partial charge in [-0.3, -0.25) is 0 Å². The Balaban J connectivity index is 2.03. The molecule has 0 amide bonds. The lowest BCUT2D eigenvalue weighted by Crippen LogP contribution is -2.00. The van der Waals surface area contributed by atoms with Crippen molar-refractivity contribution in [3.63, 3.8) is 0 Å². The first-order valence-electron chi connectivity index (χ1n) is 4.60. The maximum atomic E-state index is 6.05. The highest BCUT2D eigenvalue weighted by atomic mass is 35.5. The van der Waals surface area contributed by atoms with Gasteiger partial charge in [0.2, 0.25) is 6.79 Å². The zero-order valence-electron chi connectivity index (χ0n) is 7.50. The molecule has 1 aromatic rings. The average Bonchev–Trinajstić information content (AvgIpc) is 2.71. The summed E-state index contributed by atoms with van der Waals surface area (Å²) in [4.78, 5) is 0. The van der Waals surface area contributed by atoms with Crippen LogP contribution in [0.2, 0.25) is 5.02 Å². The Morgan fingerprint density at radius 1 is 1.36 bits per heavy atom. The van der Waals surface area contributed by atoms with Gasteiger partial charge in [-0.1, -0.05) is 11.6 Å². The van der Waals surface area contributed by atoms with Crippen LogP contribution in [0.15, 0.2) is 12.1 Å². The molecule has 1 aliphatic carbocycles. The Bertz CT molecular complexity index is 394. The lowest BCUT2D eigenvalue weighted by molar-refractivity contribution is 0.174. The predicted molar refractivity (Wildman–Crippen MR) is 52.9 cm³/mol. The van der Waals surface area contributed by atoms with Crippen molar-refractivity contribution in [2.45, 2.75) is 18.4 Å². The molecule has 1 heterocycles. The number of fused-ring (bicyclic) bond motifs is 1. The minimum atomic E-state index is 0.259. The van der Waals surface area contributed by atoms with Crippen molar-refractivity contribution in [3.05, 3.63) is 22.7 Å². The van der Waals surface area contributed by atoms with E-state index in [1.165, 1.54) is 0 Å². The molecule has 1 aromatic carbocycles. The van der Waals surface area contributed by atoms with E-state index in [2.05, 4.69) is 0 Å². The van der Waals surface area contributed by atoms with Crippen LogP contribution in [-0.2, 0) is 0 Å². The SMILES string of the molecule is NC1CC1c1cc(Cl)c2c(c1)OCO2. The molecule has 0 radical (unpaired) electrons. The van der Waals surface area contributed by atoms with Gasteiger partial charge in [0.05, 0.1) is 5.02 Å². The maximum Gasteiger partial charge on any atom is 0.231 e. The van der Waals surface area contributed by atoms with Crippen LogP contribution in [0.3, 0.4) is 0 Å². The van der Waals surface area contributed by atoms with Crippen molar-refractivity contribution in [2.24, 2.45) is 5.73 Å². The van der Waals surface area contributed by atoms with Gasteiger partial charge in [-0.15, -0.1) is 0 Å². The number of benzene rings is 1. The first kappa shape index (κ1) is 8.38. The average molecular weight is 212 g/mol. The molecule has 2 N–H and O–H groups in total. The van der Waals surface area contributed by atoms with Crippen molar-refractivity contribution in [1.82, 2.24) is 0 Å². The fraction of sp³-hybridized carbons (Fsp3) is 0.400. The molecule has 2 unspecified atom stereocenters. The molecular weight excluding hydrogens is 202 g/mol. The van der Waals surface area contributed by atoms with Crippen molar-refractivity contribution >= 4 is 11.6 Å². The summed E-state index contributed by atoms with van der Waals surface area (Å²) in [7, 11) is 0. The lowest BCUT2D eigenvalue weighted by Gasteiger charge is -2.03. The van der Waals surface area contributed by atoms with E-state index in [-0.39, 0.29) is 12.8 Å². The monoisotopic (exact) mass is 211 g/mol. The van der Waals surface area contributed by atoms with Crippen LogP contribution in [0.1, 0.15) is 17.9 Å². The normalized spacial score (nSPS) is 27.9. The van der Waals surface area contributed by atoms with Crippen molar-refractivity contribution in [3.8, 4) is 11.5 Å². The molecule has 4 heteroatoms. The smallest absolute Gasteiger partial charge is 0.231 e. The highest BCUT2D eigenvalue weighted by Crippen LogP contribution is 2.46. The van der Waals surface area contributed by atoms with Gasteiger partial charge in [0.1, 0.15) is 0 Å². The fourth-order valence-corrected chi connectivity index (χ4v) is 2.07. The second-order valence-electron chi connectivity index (χ2n) is 3.74. The molecule has 3 nitrogen and oxygen atoms in total. The van der Waals surface area contributed by atoms with Gasteiger partial charge < -0.3 is 15.2 Å². The Kier molecular flexibility index (Phi) is 1.66. The molecule has 0 bridgehead atoms. The zero-order valence-corrected chi connectivity index (χ0v) is 8.25. The topological polar surface area (TPSA) is 44.5 Å². The summed E-state index contributed by atoms with van der Waals surface area (Å²) in [5.74, 6) is 1.85. The fourth-order valence-electron chi connectivity index (χ4n) is 1.80. The third-order valence-corrected chi connectivity index (χ3v) is 3.00. The van der Waals surface area contributed by atoms with Gasteiger partial charge in [0.25, 0.3) is 0 Å². The van der Waals surface area contributed by atoms with Gasteiger partial charge in [0, 0.05) is 12.0 Å². The van der Waals surface area contributed by atoms with Crippen molar-refractivity contribution in [1.29, 1.82) is 0 Å². The number of hydrogen-bond donors (Lipinski definition) is 1. The first-order chi connectivity index (χ1) is 6.75. The van der Waals surface area contributed by atoms with E-state index < -0.39 is 0 Å². The quantitative estimate of drug-likeness (QED) is 0.772. The molecule has 2 atom stereocenters. The summed E-state index contributed by atoms with van der Waals surface area (Å²) in [5, 5.41) is 0.620. The molecule has 1 saturated carbocycles. The summed E-state index contributed by atoms with van der Waals surface area (Å²) in [6.07, 6.45) is 1.04. The molecule has 0 saturated heterocycles. The molecule has 0 spiro atoms. The van der Waals surface area contributed by atoms with Gasteiger partial charge in [0.15, 0.2) is 11.5 Å². The van der Waals surface area contributed by atoms with Crippen LogP contribution in [0.25, 0.3) is 0 Å². The van der Waals surface area contributed by atoms with E-state index in [4.69, 9.17) is 26.8 Å². The minimum Gasteiger partial charge on any atom is -0.454 e. The van der Waals surface area contributed by atoms with E-state index >= 15 is 0 Å². The Labute approximate surface area is 86.7 Å². The number of nitrogens with two attached hydrogens (primary N) is 1. The van der Waals surface area contributed by atoms with Gasteiger partial charge in [-0.2, -0.15) is 0 Å². The van der Waals surface area contributed by atoms with Crippen LogP contribution in [0, 0.1) is 0 Å². The number of hydrogen-bond acceptors (Lipinski definition) is 3. The van der Waals surface area contributed by atoms with Crippen molar-refractivity contribution in [2.75, 3.05) is 6.79 Å². The summed E-state index contributed by atoms with van der Waals surface area (Å²) < 4.78 is 10.5. The van der Waals surface area contributed by atoms with Crippen LogP contribution in [0.5, 0.6) is 11.5 Å². The van der Waals surface area contributed by atoms with Crippen LogP contribution < -0.4 is 15.2 Å². The highest BCUT2D eigenvalue weighted by molar-refractivity contribution is 6.32. The lowest BCUT2D eigenvalue weighted by atomic mass is 10.1. The van der Waals surface area contributed by atoms with Crippen LogP contribution >= 0.6 is 11.6 Å². The second kappa shape index (κ2) is 2.78.